The zero-order valence-corrected chi connectivity index (χ0v) is 22.4. The Kier molecular flexibility index (Phi) is 9.41. The van der Waals surface area contributed by atoms with E-state index in [-0.39, 0.29) is 53.9 Å². The Balaban J connectivity index is 2.13. The van der Waals surface area contributed by atoms with Crippen LogP contribution in [0.15, 0.2) is 11.1 Å². The normalized spacial score (nSPS) is 35.4. The molecule has 5 heteroatoms. The Labute approximate surface area is 196 Å². The van der Waals surface area contributed by atoms with E-state index in [4.69, 9.17) is 18.9 Å². The van der Waals surface area contributed by atoms with Gasteiger partial charge in [0.2, 0.25) is 0 Å². The van der Waals surface area contributed by atoms with E-state index in [0.29, 0.717) is 5.92 Å². The van der Waals surface area contributed by atoms with E-state index in [2.05, 4.69) is 55.4 Å². The largest absolute Gasteiger partial charge is 0.456 e. The Morgan fingerprint density at radius 2 is 1.66 bits per heavy atom. The quantitative estimate of drug-likeness (QED) is 0.320. The van der Waals surface area contributed by atoms with Crippen molar-refractivity contribution < 1.29 is 23.7 Å². The Morgan fingerprint density at radius 3 is 2.22 bits per heavy atom. The number of rotatable bonds is 8. The number of hydrogen-bond donors (Lipinski definition) is 0. The summed E-state index contributed by atoms with van der Waals surface area (Å²) in [5.74, 6) is 0.721. The van der Waals surface area contributed by atoms with Gasteiger partial charge in [-0.1, -0.05) is 47.1 Å². The number of carbonyl (C=O) groups excluding carboxylic acids is 1. The lowest BCUT2D eigenvalue weighted by atomic mass is 9.71. The predicted octanol–water partition coefficient (Wildman–Crippen LogP) is 6.30. The van der Waals surface area contributed by atoms with E-state index in [0.717, 1.165) is 24.8 Å². The standard InChI is InChI=1S/C27H48O5/c1-12-23-27(10,11)25(32-21(9)31-23)19(7)17(5)18(6)20(8)30-26(28)24-22(13-15(2)3)14-16(4)29-24/h15-16,19-25H,12-14H2,1-11H3/b18-17+/t16?,19-,20-,21?,22+,23-,24?,25-/m0/s1. The summed E-state index contributed by atoms with van der Waals surface area (Å²) in [6.45, 7) is 23.4. The summed E-state index contributed by atoms with van der Waals surface area (Å²) in [4.78, 5) is 13.0. The summed E-state index contributed by atoms with van der Waals surface area (Å²) < 4.78 is 24.2. The lowest BCUT2D eigenvalue weighted by Crippen LogP contribution is -2.53. The minimum atomic E-state index is -0.454. The van der Waals surface area contributed by atoms with Crippen LogP contribution in [0.5, 0.6) is 0 Å². The molecule has 0 aromatic rings. The highest BCUT2D eigenvalue weighted by molar-refractivity contribution is 5.76. The fraction of sp³-hybridized carbons (Fsp3) is 0.889. The van der Waals surface area contributed by atoms with Gasteiger partial charge in [0.15, 0.2) is 12.4 Å². The Bertz CT molecular complexity index is 667. The molecule has 0 N–H and O–H groups in total. The number of esters is 1. The predicted molar refractivity (Wildman–Crippen MR) is 128 cm³/mol. The fourth-order valence-electron chi connectivity index (χ4n) is 5.67. The molecule has 0 aliphatic carbocycles. The third kappa shape index (κ3) is 6.15. The highest BCUT2D eigenvalue weighted by Gasteiger charge is 2.47. The summed E-state index contributed by atoms with van der Waals surface area (Å²) >= 11 is 0. The van der Waals surface area contributed by atoms with Crippen molar-refractivity contribution in [2.24, 2.45) is 23.2 Å². The van der Waals surface area contributed by atoms with Gasteiger partial charge in [-0.3, -0.25) is 0 Å². The Morgan fingerprint density at radius 1 is 1.03 bits per heavy atom. The molecule has 0 radical (unpaired) electrons. The molecule has 5 nitrogen and oxygen atoms in total. The highest BCUT2D eigenvalue weighted by Crippen LogP contribution is 2.43. The second kappa shape index (κ2) is 11.0. The summed E-state index contributed by atoms with van der Waals surface area (Å²) in [6.07, 6.45) is 2.17. The van der Waals surface area contributed by atoms with Crippen molar-refractivity contribution in [3.8, 4) is 0 Å². The first-order valence-corrected chi connectivity index (χ1v) is 12.6. The molecule has 2 aliphatic heterocycles. The van der Waals surface area contributed by atoms with Crippen molar-refractivity contribution in [1.29, 1.82) is 0 Å². The molecular weight excluding hydrogens is 404 g/mol. The van der Waals surface area contributed by atoms with Crippen molar-refractivity contribution in [3.63, 3.8) is 0 Å². The number of ether oxygens (including phenoxy) is 4. The molecule has 186 valence electrons. The number of carbonyl (C=O) groups is 1. The summed E-state index contributed by atoms with van der Waals surface area (Å²) in [5, 5.41) is 0. The van der Waals surface area contributed by atoms with Crippen LogP contribution in [0.1, 0.15) is 95.4 Å². The summed E-state index contributed by atoms with van der Waals surface area (Å²) in [6, 6.07) is 0. The fourth-order valence-corrected chi connectivity index (χ4v) is 5.67. The summed E-state index contributed by atoms with van der Waals surface area (Å²) in [5.41, 5.74) is 2.19. The third-order valence-corrected chi connectivity index (χ3v) is 7.74. The van der Waals surface area contributed by atoms with Crippen LogP contribution in [-0.4, -0.2) is 42.8 Å². The Hall–Kier alpha value is -0.910. The zero-order valence-electron chi connectivity index (χ0n) is 22.4. The first kappa shape index (κ1) is 27.3. The average Bonchev–Trinajstić information content (AvgIpc) is 3.06. The maximum atomic E-state index is 13.0. The smallest absolute Gasteiger partial charge is 0.336 e. The van der Waals surface area contributed by atoms with Gasteiger partial charge in [0.25, 0.3) is 0 Å². The van der Waals surface area contributed by atoms with Gasteiger partial charge in [0, 0.05) is 11.3 Å². The molecule has 0 bridgehead atoms. The van der Waals surface area contributed by atoms with Gasteiger partial charge in [0.1, 0.15) is 6.10 Å². The van der Waals surface area contributed by atoms with Crippen LogP contribution < -0.4 is 0 Å². The van der Waals surface area contributed by atoms with E-state index in [1.807, 2.05) is 20.8 Å². The van der Waals surface area contributed by atoms with E-state index in [9.17, 15) is 4.79 Å². The molecular formula is C27H48O5. The molecule has 2 fully saturated rings. The first-order valence-electron chi connectivity index (χ1n) is 12.6. The van der Waals surface area contributed by atoms with Crippen LogP contribution in [0.4, 0.5) is 0 Å². The maximum absolute atomic E-state index is 13.0. The second-order valence-corrected chi connectivity index (χ2v) is 11.2. The van der Waals surface area contributed by atoms with Crippen LogP contribution in [0.2, 0.25) is 0 Å². The van der Waals surface area contributed by atoms with E-state index >= 15 is 0 Å². The van der Waals surface area contributed by atoms with Crippen LogP contribution in [-0.2, 0) is 23.7 Å². The topological polar surface area (TPSA) is 54.0 Å². The van der Waals surface area contributed by atoms with Crippen LogP contribution in [0.25, 0.3) is 0 Å². The molecule has 2 aliphatic rings. The molecule has 2 rings (SSSR count). The van der Waals surface area contributed by atoms with E-state index < -0.39 is 6.10 Å². The SMILES string of the molecule is CC[C@@H]1OC(C)O[C@@H]([C@@H](C)/C(C)=C(\C)[C@H](C)OC(=O)C2OC(C)C[C@H]2CC(C)C)C1(C)C. The lowest BCUT2D eigenvalue weighted by Gasteiger charge is -2.49. The molecule has 0 spiro atoms. The van der Waals surface area contributed by atoms with Crippen molar-refractivity contribution in [2.45, 2.75) is 132 Å². The van der Waals surface area contributed by atoms with Crippen molar-refractivity contribution in [1.82, 2.24) is 0 Å². The van der Waals surface area contributed by atoms with Gasteiger partial charge < -0.3 is 18.9 Å². The number of hydrogen-bond acceptors (Lipinski definition) is 5. The van der Waals surface area contributed by atoms with Gasteiger partial charge in [-0.25, -0.2) is 4.79 Å². The van der Waals surface area contributed by atoms with Crippen molar-refractivity contribution >= 4 is 5.97 Å². The monoisotopic (exact) mass is 452 g/mol. The minimum absolute atomic E-state index is 0.0310. The summed E-state index contributed by atoms with van der Waals surface area (Å²) in [7, 11) is 0. The lowest BCUT2D eigenvalue weighted by molar-refractivity contribution is -0.294. The van der Waals surface area contributed by atoms with Gasteiger partial charge in [0.05, 0.1) is 18.3 Å². The van der Waals surface area contributed by atoms with Gasteiger partial charge >= 0.3 is 5.97 Å². The molecule has 8 atom stereocenters. The van der Waals surface area contributed by atoms with Gasteiger partial charge in [-0.2, -0.15) is 0 Å². The van der Waals surface area contributed by atoms with Crippen LogP contribution in [0, 0.1) is 23.2 Å². The molecule has 0 saturated carbocycles. The molecule has 3 unspecified atom stereocenters. The van der Waals surface area contributed by atoms with Crippen molar-refractivity contribution in [3.05, 3.63) is 11.1 Å². The van der Waals surface area contributed by atoms with Gasteiger partial charge in [-0.15, -0.1) is 0 Å². The molecule has 0 aromatic heterocycles. The molecule has 0 amide bonds. The average molecular weight is 453 g/mol. The van der Waals surface area contributed by atoms with Crippen LogP contribution in [0.3, 0.4) is 0 Å². The molecule has 32 heavy (non-hydrogen) atoms. The molecule has 2 saturated heterocycles. The van der Waals surface area contributed by atoms with E-state index in [1.54, 1.807) is 0 Å². The van der Waals surface area contributed by atoms with Crippen molar-refractivity contribution in [2.75, 3.05) is 0 Å². The van der Waals surface area contributed by atoms with E-state index in [1.165, 1.54) is 5.57 Å². The third-order valence-electron chi connectivity index (χ3n) is 7.74. The second-order valence-electron chi connectivity index (χ2n) is 11.2. The first-order chi connectivity index (χ1) is 14.8. The highest BCUT2D eigenvalue weighted by atomic mass is 16.7. The zero-order chi connectivity index (χ0) is 24.4. The maximum Gasteiger partial charge on any atom is 0.336 e. The van der Waals surface area contributed by atoms with Gasteiger partial charge in [-0.05, 0) is 71.3 Å². The van der Waals surface area contributed by atoms with Crippen LogP contribution >= 0.6 is 0 Å². The molecule has 2 heterocycles. The minimum Gasteiger partial charge on any atom is -0.456 e. The molecule has 0 aromatic carbocycles.